The van der Waals surface area contributed by atoms with Gasteiger partial charge in [-0.3, -0.25) is 0 Å². The minimum Gasteiger partial charge on any atom is -0.365 e. The first kappa shape index (κ1) is 12.8. The van der Waals surface area contributed by atoms with Gasteiger partial charge >= 0.3 is 0 Å². The standard InChI is InChI=1S/C14H13FN4S/c1-9-10(12-8-20-14(16-2)18-12)7-17-19(9)13-6-4-3-5-11(13)15/h3-8H,1-2H3,(H,16,18). The number of hydrogen-bond acceptors (Lipinski definition) is 4. The highest BCUT2D eigenvalue weighted by Crippen LogP contribution is 2.28. The van der Waals surface area contributed by atoms with Gasteiger partial charge in [-0.2, -0.15) is 5.10 Å². The lowest BCUT2D eigenvalue weighted by Crippen LogP contribution is -2.01. The van der Waals surface area contributed by atoms with Crippen molar-refractivity contribution in [2.45, 2.75) is 6.92 Å². The quantitative estimate of drug-likeness (QED) is 0.802. The SMILES string of the molecule is CNc1nc(-c2cnn(-c3ccccc3F)c2C)cs1. The van der Waals surface area contributed by atoms with Crippen LogP contribution in [0, 0.1) is 12.7 Å². The van der Waals surface area contributed by atoms with Gasteiger partial charge in [-0.25, -0.2) is 14.1 Å². The van der Waals surface area contributed by atoms with E-state index in [1.165, 1.54) is 17.4 Å². The first-order valence-electron chi connectivity index (χ1n) is 6.14. The number of aromatic nitrogens is 3. The minimum atomic E-state index is -0.292. The third kappa shape index (κ3) is 2.08. The number of benzene rings is 1. The van der Waals surface area contributed by atoms with E-state index >= 15 is 0 Å². The summed E-state index contributed by atoms with van der Waals surface area (Å²) in [5.41, 5.74) is 3.06. The highest BCUT2D eigenvalue weighted by molar-refractivity contribution is 7.14. The molecule has 3 aromatic rings. The molecular weight excluding hydrogens is 275 g/mol. The molecule has 0 amide bonds. The molecular formula is C14H13FN4S. The largest absolute Gasteiger partial charge is 0.365 e. The molecule has 0 aliphatic heterocycles. The Balaban J connectivity index is 2.07. The summed E-state index contributed by atoms with van der Waals surface area (Å²) in [5, 5.41) is 10.1. The fourth-order valence-electron chi connectivity index (χ4n) is 2.04. The van der Waals surface area contributed by atoms with Gasteiger partial charge in [-0.15, -0.1) is 11.3 Å². The van der Waals surface area contributed by atoms with Crippen LogP contribution in [0.5, 0.6) is 0 Å². The summed E-state index contributed by atoms with van der Waals surface area (Å²) in [4.78, 5) is 4.45. The second kappa shape index (κ2) is 5.05. The van der Waals surface area contributed by atoms with Crippen molar-refractivity contribution in [1.82, 2.24) is 14.8 Å². The minimum absolute atomic E-state index is 0.292. The number of nitrogens with one attached hydrogen (secondary N) is 1. The third-order valence-electron chi connectivity index (χ3n) is 3.08. The van der Waals surface area contributed by atoms with Gasteiger partial charge < -0.3 is 5.32 Å². The van der Waals surface area contributed by atoms with Crippen LogP contribution >= 0.6 is 11.3 Å². The molecule has 102 valence electrons. The van der Waals surface area contributed by atoms with Crippen molar-refractivity contribution in [2.24, 2.45) is 0 Å². The zero-order valence-corrected chi connectivity index (χ0v) is 11.9. The molecule has 20 heavy (non-hydrogen) atoms. The number of hydrogen-bond donors (Lipinski definition) is 1. The van der Waals surface area contributed by atoms with Crippen LogP contribution in [0.3, 0.4) is 0 Å². The molecule has 0 aliphatic carbocycles. The Labute approximate surface area is 119 Å². The highest BCUT2D eigenvalue weighted by Gasteiger charge is 2.14. The van der Waals surface area contributed by atoms with Crippen molar-refractivity contribution in [1.29, 1.82) is 0 Å². The van der Waals surface area contributed by atoms with E-state index in [1.807, 2.05) is 19.4 Å². The van der Waals surface area contributed by atoms with E-state index in [2.05, 4.69) is 15.4 Å². The monoisotopic (exact) mass is 288 g/mol. The number of anilines is 1. The molecule has 1 N–H and O–H groups in total. The van der Waals surface area contributed by atoms with Gasteiger partial charge in [-0.05, 0) is 19.1 Å². The maximum atomic E-state index is 13.8. The molecule has 0 saturated carbocycles. The van der Waals surface area contributed by atoms with Gasteiger partial charge in [-0.1, -0.05) is 12.1 Å². The first-order chi connectivity index (χ1) is 9.70. The predicted molar refractivity (Wildman–Crippen MR) is 78.9 cm³/mol. The van der Waals surface area contributed by atoms with Gasteiger partial charge in [0.1, 0.15) is 11.5 Å². The van der Waals surface area contributed by atoms with Crippen LogP contribution in [-0.4, -0.2) is 21.8 Å². The molecule has 0 radical (unpaired) electrons. The molecule has 6 heteroatoms. The van der Waals surface area contributed by atoms with Gasteiger partial charge in [0.15, 0.2) is 5.13 Å². The lowest BCUT2D eigenvalue weighted by molar-refractivity contribution is 0.608. The van der Waals surface area contributed by atoms with E-state index in [1.54, 1.807) is 29.1 Å². The molecule has 1 aromatic carbocycles. The van der Waals surface area contributed by atoms with E-state index in [4.69, 9.17) is 0 Å². The molecule has 0 atom stereocenters. The average molecular weight is 288 g/mol. The third-order valence-corrected chi connectivity index (χ3v) is 3.94. The summed E-state index contributed by atoms with van der Waals surface area (Å²) in [6.45, 7) is 1.91. The van der Waals surface area contributed by atoms with Crippen molar-refractivity contribution in [3.63, 3.8) is 0 Å². The van der Waals surface area contributed by atoms with Crippen molar-refractivity contribution in [3.05, 3.63) is 47.4 Å². The predicted octanol–water partition coefficient (Wildman–Crippen LogP) is 3.49. The Morgan fingerprint density at radius 1 is 1.30 bits per heavy atom. The Bertz CT molecular complexity index is 747. The maximum absolute atomic E-state index is 13.8. The molecule has 2 heterocycles. The lowest BCUT2D eigenvalue weighted by atomic mass is 10.2. The molecule has 4 nitrogen and oxygen atoms in total. The van der Waals surface area contributed by atoms with Crippen LogP contribution in [0.25, 0.3) is 16.9 Å². The number of rotatable bonds is 3. The zero-order chi connectivity index (χ0) is 14.1. The van der Waals surface area contributed by atoms with Gasteiger partial charge in [0, 0.05) is 18.0 Å². The van der Waals surface area contributed by atoms with Gasteiger partial charge in [0.05, 0.1) is 17.6 Å². The fraction of sp³-hybridized carbons (Fsp3) is 0.143. The summed E-state index contributed by atoms with van der Waals surface area (Å²) in [6.07, 6.45) is 1.72. The smallest absolute Gasteiger partial charge is 0.182 e. The number of nitrogens with zero attached hydrogens (tertiary/aromatic N) is 3. The van der Waals surface area contributed by atoms with E-state index in [0.29, 0.717) is 5.69 Å². The molecule has 0 saturated heterocycles. The van der Waals surface area contributed by atoms with Crippen molar-refractivity contribution in [2.75, 3.05) is 12.4 Å². The van der Waals surface area contributed by atoms with Crippen LogP contribution in [0.2, 0.25) is 0 Å². The van der Waals surface area contributed by atoms with Gasteiger partial charge in [0.25, 0.3) is 0 Å². The highest BCUT2D eigenvalue weighted by atomic mass is 32.1. The molecule has 0 unspecified atom stereocenters. The molecule has 2 aromatic heterocycles. The Morgan fingerprint density at radius 2 is 2.10 bits per heavy atom. The average Bonchev–Trinajstić information content (AvgIpc) is 3.06. The first-order valence-corrected chi connectivity index (χ1v) is 7.02. The Hall–Kier alpha value is -2.21. The second-order valence-corrected chi connectivity index (χ2v) is 5.15. The Kier molecular flexibility index (Phi) is 3.23. The Morgan fingerprint density at radius 3 is 2.80 bits per heavy atom. The van der Waals surface area contributed by atoms with Crippen molar-refractivity contribution < 1.29 is 4.39 Å². The van der Waals surface area contributed by atoms with Crippen molar-refractivity contribution >= 4 is 16.5 Å². The normalized spacial score (nSPS) is 10.8. The van der Waals surface area contributed by atoms with Crippen LogP contribution in [0.4, 0.5) is 9.52 Å². The van der Waals surface area contributed by atoms with Crippen LogP contribution in [0.1, 0.15) is 5.69 Å². The van der Waals surface area contributed by atoms with E-state index in [0.717, 1.165) is 22.1 Å². The van der Waals surface area contributed by atoms with E-state index < -0.39 is 0 Å². The zero-order valence-electron chi connectivity index (χ0n) is 11.1. The topological polar surface area (TPSA) is 42.7 Å². The van der Waals surface area contributed by atoms with Gasteiger partial charge in [0.2, 0.25) is 0 Å². The van der Waals surface area contributed by atoms with E-state index in [-0.39, 0.29) is 5.82 Å². The fourth-order valence-corrected chi connectivity index (χ4v) is 2.71. The summed E-state index contributed by atoms with van der Waals surface area (Å²) < 4.78 is 15.4. The summed E-state index contributed by atoms with van der Waals surface area (Å²) in [6, 6.07) is 6.59. The lowest BCUT2D eigenvalue weighted by Gasteiger charge is -2.05. The summed E-state index contributed by atoms with van der Waals surface area (Å²) in [5.74, 6) is -0.292. The maximum Gasteiger partial charge on any atom is 0.182 e. The number of halogens is 1. The summed E-state index contributed by atoms with van der Waals surface area (Å²) in [7, 11) is 1.83. The molecule has 3 rings (SSSR count). The number of para-hydroxylation sites is 1. The molecule has 0 fully saturated rings. The molecule has 0 bridgehead atoms. The number of thiazole rings is 1. The van der Waals surface area contributed by atoms with E-state index in [9.17, 15) is 4.39 Å². The molecule has 0 spiro atoms. The van der Waals surface area contributed by atoms with Crippen LogP contribution < -0.4 is 5.32 Å². The van der Waals surface area contributed by atoms with Crippen molar-refractivity contribution in [3.8, 4) is 16.9 Å². The van der Waals surface area contributed by atoms with Crippen LogP contribution in [0.15, 0.2) is 35.8 Å². The second-order valence-electron chi connectivity index (χ2n) is 4.29. The summed E-state index contributed by atoms with van der Waals surface area (Å²) >= 11 is 1.53. The molecule has 0 aliphatic rings. The van der Waals surface area contributed by atoms with Crippen LogP contribution in [-0.2, 0) is 0 Å².